The second-order valence-corrected chi connectivity index (χ2v) is 6.11. The van der Waals surface area contributed by atoms with Crippen molar-refractivity contribution in [2.24, 2.45) is 0 Å². The van der Waals surface area contributed by atoms with E-state index in [4.69, 9.17) is 4.74 Å². The lowest BCUT2D eigenvalue weighted by Gasteiger charge is -2.34. The summed E-state index contributed by atoms with van der Waals surface area (Å²) in [5, 5.41) is 12.9. The van der Waals surface area contributed by atoms with Gasteiger partial charge in [0, 0.05) is 6.04 Å². The van der Waals surface area contributed by atoms with Crippen molar-refractivity contribution in [1.82, 2.24) is 5.32 Å². The quantitative estimate of drug-likeness (QED) is 0.846. The van der Waals surface area contributed by atoms with E-state index in [0.717, 1.165) is 31.4 Å². The van der Waals surface area contributed by atoms with Crippen LogP contribution in [0.5, 0.6) is 5.75 Å². The molecule has 2 N–H and O–H groups in total. The number of benzene rings is 1. The van der Waals surface area contributed by atoms with Gasteiger partial charge in [-0.3, -0.25) is 10.1 Å². The fourth-order valence-corrected chi connectivity index (χ4v) is 3.17. The second kappa shape index (κ2) is 6.48. The minimum Gasteiger partial charge on any atom is -0.497 e. The summed E-state index contributed by atoms with van der Waals surface area (Å²) in [6.45, 7) is 3.81. The minimum absolute atomic E-state index is 0.206. The summed E-state index contributed by atoms with van der Waals surface area (Å²) in [4.78, 5) is 11.5. The first-order valence-electron chi connectivity index (χ1n) is 7.65. The number of carboxylic acids is 1. The maximum atomic E-state index is 11.5. The lowest BCUT2D eigenvalue weighted by atomic mass is 9.85. The van der Waals surface area contributed by atoms with Crippen molar-refractivity contribution in [3.8, 4) is 5.75 Å². The van der Waals surface area contributed by atoms with Gasteiger partial charge in [-0.05, 0) is 55.9 Å². The van der Waals surface area contributed by atoms with Crippen molar-refractivity contribution >= 4 is 5.97 Å². The standard InChI is InChI=1S/C17H25NO3/c1-4-9-17(2,16(19)20)18-14-7-5-12-6-8-15(21-3)11-13(12)10-14/h6,8,11,14,18H,4-5,7,9-10H2,1-3H3,(H,19,20). The molecule has 1 aliphatic rings. The molecule has 0 aliphatic heterocycles. The van der Waals surface area contributed by atoms with E-state index in [-0.39, 0.29) is 6.04 Å². The Balaban J connectivity index is 2.11. The van der Waals surface area contributed by atoms with E-state index in [2.05, 4.69) is 17.4 Å². The van der Waals surface area contributed by atoms with E-state index >= 15 is 0 Å². The number of nitrogens with one attached hydrogen (secondary N) is 1. The zero-order valence-electron chi connectivity index (χ0n) is 13.1. The molecule has 0 radical (unpaired) electrons. The summed E-state index contributed by atoms with van der Waals surface area (Å²) in [5.41, 5.74) is 1.78. The van der Waals surface area contributed by atoms with Gasteiger partial charge >= 0.3 is 5.97 Å². The highest BCUT2D eigenvalue weighted by Crippen LogP contribution is 2.27. The molecule has 1 aromatic carbocycles. The average Bonchev–Trinajstić information content (AvgIpc) is 2.46. The van der Waals surface area contributed by atoms with Crippen molar-refractivity contribution in [2.45, 2.75) is 57.5 Å². The Kier molecular flexibility index (Phi) is 4.88. The third kappa shape index (κ3) is 3.56. The summed E-state index contributed by atoms with van der Waals surface area (Å²) in [5.74, 6) is 0.102. The fraction of sp³-hybridized carbons (Fsp3) is 0.588. The highest BCUT2D eigenvalue weighted by Gasteiger charge is 2.35. The third-order valence-corrected chi connectivity index (χ3v) is 4.39. The Morgan fingerprint density at radius 1 is 1.48 bits per heavy atom. The van der Waals surface area contributed by atoms with Gasteiger partial charge in [-0.15, -0.1) is 0 Å². The maximum absolute atomic E-state index is 11.5. The smallest absolute Gasteiger partial charge is 0.323 e. The SMILES string of the molecule is CCCC(C)(NC1CCc2ccc(OC)cc2C1)C(=O)O. The zero-order valence-corrected chi connectivity index (χ0v) is 13.1. The fourth-order valence-electron chi connectivity index (χ4n) is 3.17. The number of fused-ring (bicyclic) bond motifs is 1. The molecule has 4 nitrogen and oxygen atoms in total. The van der Waals surface area contributed by atoms with Gasteiger partial charge in [0.05, 0.1) is 7.11 Å². The summed E-state index contributed by atoms with van der Waals surface area (Å²) < 4.78 is 5.28. The van der Waals surface area contributed by atoms with E-state index in [1.807, 2.05) is 13.0 Å². The normalized spacial score (nSPS) is 20.4. The van der Waals surface area contributed by atoms with Crippen LogP contribution >= 0.6 is 0 Å². The number of hydrogen-bond donors (Lipinski definition) is 2. The highest BCUT2D eigenvalue weighted by molar-refractivity contribution is 5.78. The first kappa shape index (κ1) is 15.8. The number of methoxy groups -OCH3 is 1. The molecule has 21 heavy (non-hydrogen) atoms. The van der Waals surface area contributed by atoms with Gasteiger partial charge in [0.25, 0.3) is 0 Å². The second-order valence-electron chi connectivity index (χ2n) is 6.11. The van der Waals surface area contributed by atoms with Gasteiger partial charge in [0.15, 0.2) is 0 Å². The van der Waals surface area contributed by atoms with Gasteiger partial charge in [0.1, 0.15) is 11.3 Å². The van der Waals surface area contributed by atoms with Crippen molar-refractivity contribution in [2.75, 3.05) is 7.11 Å². The van der Waals surface area contributed by atoms with Crippen LogP contribution < -0.4 is 10.1 Å². The molecule has 1 aromatic rings. The minimum atomic E-state index is -0.838. The van der Waals surface area contributed by atoms with Crippen LogP contribution in [0.3, 0.4) is 0 Å². The summed E-state index contributed by atoms with van der Waals surface area (Å²) in [6, 6.07) is 6.39. The van der Waals surface area contributed by atoms with E-state index in [1.165, 1.54) is 11.1 Å². The van der Waals surface area contributed by atoms with Gasteiger partial charge < -0.3 is 9.84 Å². The van der Waals surface area contributed by atoms with Crippen LogP contribution in [0.4, 0.5) is 0 Å². The molecule has 2 unspecified atom stereocenters. The number of hydrogen-bond acceptors (Lipinski definition) is 3. The van der Waals surface area contributed by atoms with Crippen molar-refractivity contribution in [3.05, 3.63) is 29.3 Å². The Labute approximate surface area is 126 Å². The Morgan fingerprint density at radius 3 is 2.86 bits per heavy atom. The van der Waals surface area contributed by atoms with E-state index < -0.39 is 11.5 Å². The molecule has 0 saturated heterocycles. The van der Waals surface area contributed by atoms with Crippen LogP contribution in [0.15, 0.2) is 18.2 Å². The third-order valence-electron chi connectivity index (χ3n) is 4.39. The predicted octanol–water partition coefficient (Wildman–Crippen LogP) is 2.79. The Bertz CT molecular complexity index is 515. The van der Waals surface area contributed by atoms with Crippen molar-refractivity contribution in [3.63, 3.8) is 0 Å². The predicted molar refractivity (Wildman–Crippen MR) is 82.9 cm³/mol. The van der Waals surface area contributed by atoms with Gasteiger partial charge in [0.2, 0.25) is 0 Å². The van der Waals surface area contributed by atoms with E-state index in [9.17, 15) is 9.90 Å². The Hall–Kier alpha value is -1.55. The number of carboxylic acid groups (broad SMARTS) is 1. The summed E-state index contributed by atoms with van der Waals surface area (Å²) >= 11 is 0. The van der Waals surface area contributed by atoms with Crippen LogP contribution in [0, 0.1) is 0 Å². The lowest BCUT2D eigenvalue weighted by Crippen LogP contribution is -2.55. The van der Waals surface area contributed by atoms with Crippen LogP contribution in [0.25, 0.3) is 0 Å². The van der Waals surface area contributed by atoms with E-state index in [0.29, 0.717) is 6.42 Å². The van der Waals surface area contributed by atoms with Crippen LogP contribution in [0.2, 0.25) is 0 Å². The van der Waals surface area contributed by atoms with E-state index in [1.54, 1.807) is 14.0 Å². The van der Waals surface area contributed by atoms with Gasteiger partial charge in [-0.25, -0.2) is 0 Å². The molecule has 0 fully saturated rings. The summed E-state index contributed by atoms with van der Waals surface area (Å²) in [6.07, 6.45) is 4.32. The molecular weight excluding hydrogens is 266 g/mol. The molecule has 0 heterocycles. The lowest BCUT2D eigenvalue weighted by molar-refractivity contribution is -0.145. The molecule has 0 saturated carbocycles. The zero-order chi connectivity index (χ0) is 15.5. The van der Waals surface area contributed by atoms with Gasteiger partial charge in [-0.1, -0.05) is 19.4 Å². The summed E-state index contributed by atoms with van der Waals surface area (Å²) in [7, 11) is 1.67. The molecule has 4 heteroatoms. The van der Waals surface area contributed by atoms with Crippen LogP contribution in [0.1, 0.15) is 44.2 Å². The monoisotopic (exact) mass is 291 g/mol. The molecule has 116 valence electrons. The molecule has 0 bridgehead atoms. The molecular formula is C17H25NO3. The van der Waals surface area contributed by atoms with Crippen molar-refractivity contribution < 1.29 is 14.6 Å². The molecule has 0 spiro atoms. The topological polar surface area (TPSA) is 58.6 Å². The van der Waals surface area contributed by atoms with Gasteiger partial charge in [-0.2, -0.15) is 0 Å². The number of ether oxygens (including phenoxy) is 1. The number of carbonyl (C=O) groups is 1. The number of aliphatic carboxylic acids is 1. The van der Waals surface area contributed by atoms with Crippen molar-refractivity contribution in [1.29, 1.82) is 0 Å². The average molecular weight is 291 g/mol. The molecule has 1 aliphatic carbocycles. The largest absolute Gasteiger partial charge is 0.497 e. The first-order chi connectivity index (χ1) is 9.98. The Morgan fingerprint density at radius 2 is 2.24 bits per heavy atom. The molecule has 2 atom stereocenters. The molecule has 0 aromatic heterocycles. The highest BCUT2D eigenvalue weighted by atomic mass is 16.5. The number of aryl methyl sites for hydroxylation is 1. The van der Waals surface area contributed by atoms with Crippen LogP contribution in [-0.2, 0) is 17.6 Å². The number of rotatable bonds is 6. The maximum Gasteiger partial charge on any atom is 0.323 e. The first-order valence-corrected chi connectivity index (χ1v) is 7.65. The molecule has 2 rings (SSSR count). The van der Waals surface area contributed by atoms with Crippen LogP contribution in [-0.4, -0.2) is 29.8 Å². The molecule has 0 amide bonds.